The first kappa shape index (κ1) is 21.1. The number of hydrogen-bond donors (Lipinski definition) is 3. The molecule has 30 heavy (non-hydrogen) atoms. The molecule has 1 atom stereocenters. The minimum absolute atomic E-state index is 0.0936. The molecule has 0 saturated heterocycles. The average molecular weight is 434 g/mol. The fourth-order valence-electron chi connectivity index (χ4n) is 2.92. The number of carboxylic acids is 1. The number of nitrogens with one attached hydrogen (secondary N) is 1. The number of methoxy groups -OCH3 is 1. The van der Waals surface area contributed by atoms with E-state index in [1.807, 2.05) is 0 Å². The van der Waals surface area contributed by atoms with E-state index in [1.54, 1.807) is 24.3 Å². The summed E-state index contributed by atoms with van der Waals surface area (Å²) in [6.45, 7) is 0. The van der Waals surface area contributed by atoms with E-state index in [1.165, 1.54) is 19.2 Å². The number of aromatic hydroxyl groups is 1. The Morgan fingerprint density at radius 2 is 1.97 bits per heavy atom. The van der Waals surface area contributed by atoms with Crippen molar-refractivity contribution in [3.05, 3.63) is 70.6 Å². The first-order chi connectivity index (χ1) is 14.3. The number of aromatic nitrogens is 2. The molecule has 3 aromatic rings. The third-order valence-corrected chi connectivity index (χ3v) is 4.51. The predicted octanol–water partition coefficient (Wildman–Crippen LogP) is 3.32. The van der Waals surface area contributed by atoms with Crippen molar-refractivity contribution in [2.75, 3.05) is 7.11 Å². The molecule has 3 rings (SSSR count). The maximum absolute atomic E-state index is 14.4. The van der Waals surface area contributed by atoms with Crippen molar-refractivity contribution in [3.8, 4) is 17.3 Å². The summed E-state index contributed by atoms with van der Waals surface area (Å²) in [5, 5.41) is 26.3. The monoisotopic (exact) mass is 433 g/mol. The fraction of sp³-hybridized carbons (Fsp3) is 0.150. The van der Waals surface area contributed by atoms with Crippen molar-refractivity contribution in [2.24, 2.45) is 0 Å². The Morgan fingerprint density at radius 3 is 2.60 bits per heavy atom. The Bertz CT molecular complexity index is 1080. The predicted molar refractivity (Wildman–Crippen MR) is 106 cm³/mol. The fourth-order valence-corrected chi connectivity index (χ4v) is 3.05. The molecule has 0 bridgehead atoms. The third kappa shape index (κ3) is 4.52. The molecule has 3 N–H and O–H groups in total. The number of aliphatic carboxylic acids is 1. The smallest absolute Gasteiger partial charge is 0.305 e. The molecule has 1 heterocycles. The minimum atomic E-state index is -1.25. The summed E-state index contributed by atoms with van der Waals surface area (Å²) in [6, 6.07) is 10.2. The van der Waals surface area contributed by atoms with Crippen LogP contribution in [0.4, 0.5) is 4.39 Å². The number of ether oxygens (including phenoxy) is 1. The van der Waals surface area contributed by atoms with Crippen molar-refractivity contribution in [1.29, 1.82) is 0 Å². The van der Waals surface area contributed by atoms with Crippen LogP contribution >= 0.6 is 11.6 Å². The molecule has 0 spiro atoms. The Morgan fingerprint density at radius 1 is 1.27 bits per heavy atom. The van der Waals surface area contributed by atoms with E-state index >= 15 is 0 Å². The van der Waals surface area contributed by atoms with Gasteiger partial charge in [0.2, 0.25) is 5.88 Å². The highest BCUT2D eigenvalue weighted by Crippen LogP contribution is 2.30. The third-order valence-electron chi connectivity index (χ3n) is 4.26. The molecule has 0 aliphatic rings. The van der Waals surface area contributed by atoms with Gasteiger partial charge in [-0.05, 0) is 36.4 Å². The number of rotatable bonds is 7. The quantitative estimate of drug-likeness (QED) is 0.526. The summed E-state index contributed by atoms with van der Waals surface area (Å²) in [5.74, 6) is -3.00. The van der Waals surface area contributed by atoms with Gasteiger partial charge in [-0.2, -0.15) is 5.10 Å². The van der Waals surface area contributed by atoms with Crippen molar-refractivity contribution in [3.63, 3.8) is 0 Å². The van der Waals surface area contributed by atoms with Crippen LogP contribution in [-0.2, 0) is 4.79 Å². The van der Waals surface area contributed by atoms with E-state index in [0.717, 1.165) is 16.8 Å². The van der Waals surface area contributed by atoms with Crippen LogP contribution < -0.4 is 10.1 Å². The lowest BCUT2D eigenvalue weighted by atomic mass is 10.0. The number of carbonyl (C=O) groups is 2. The van der Waals surface area contributed by atoms with Crippen molar-refractivity contribution >= 4 is 23.5 Å². The topological polar surface area (TPSA) is 114 Å². The van der Waals surface area contributed by atoms with Gasteiger partial charge in [0.05, 0.1) is 30.8 Å². The molecule has 156 valence electrons. The Labute approximate surface area is 175 Å². The van der Waals surface area contributed by atoms with Gasteiger partial charge in [-0.1, -0.05) is 17.7 Å². The van der Waals surface area contributed by atoms with Crippen LogP contribution in [0, 0.1) is 5.82 Å². The van der Waals surface area contributed by atoms with Gasteiger partial charge in [-0.25, -0.2) is 9.07 Å². The highest BCUT2D eigenvalue weighted by molar-refractivity contribution is 6.30. The SMILES string of the molecule is COc1cccc(F)c1C(CC(=O)O)NC(=O)c1cc(O)n(-c2ccc(Cl)cc2)n1. The summed E-state index contributed by atoms with van der Waals surface area (Å²) >= 11 is 5.84. The second-order valence-corrected chi connectivity index (χ2v) is 6.69. The molecule has 2 aromatic carbocycles. The Balaban J connectivity index is 1.91. The first-order valence-electron chi connectivity index (χ1n) is 8.70. The number of benzene rings is 2. The standard InChI is InChI=1S/C20H17ClFN3O5/c1-30-16-4-2-3-13(22)19(16)14(10-18(27)28)23-20(29)15-9-17(26)25(24-15)12-7-5-11(21)6-8-12/h2-9,14,26H,10H2,1H3,(H,23,29)(H,27,28). The van der Waals surface area contributed by atoms with Crippen LogP contribution in [0.5, 0.6) is 11.6 Å². The van der Waals surface area contributed by atoms with Gasteiger partial charge in [0.25, 0.3) is 5.91 Å². The largest absolute Gasteiger partial charge is 0.496 e. The van der Waals surface area contributed by atoms with Crippen molar-refractivity contribution < 1.29 is 28.9 Å². The molecule has 1 unspecified atom stereocenters. The summed E-state index contributed by atoms with van der Waals surface area (Å²) in [7, 11) is 1.31. The molecular weight excluding hydrogens is 417 g/mol. The zero-order valence-electron chi connectivity index (χ0n) is 15.7. The lowest BCUT2D eigenvalue weighted by Gasteiger charge is -2.20. The Hall–Kier alpha value is -3.59. The van der Waals surface area contributed by atoms with Crippen molar-refractivity contribution in [1.82, 2.24) is 15.1 Å². The van der Waals surface area contributed by atoms with E-state index in [-0.39, 0.29) is 22.9 Å². The molecular formula is C20H17ClFN3O5. The maximum Gasteiger partial charge on any atom is 0.305 e. The van der Waals surface area contributed by atoms with Gasteiger partial charge < -0.3 is 20.3 Å². The minimum Gasteiger partial charge on any atom is -0.496 e. The van der Waals surface area contributed by atoms with E-state index in [2.05, 4.69) is 10.4 Å². The number of halogens is 2. The second-order valence-electron chi connectivity index (χ2n) is 6.26. The molecule has 10 heteroatoms. The summed E-state index contributed by atoms with van der Waals surface area (Å²) < 4.78 is 20.6. The van der Waals surface area contributed by atoms with Crippen LogP contribution in [-0.4, -0.2) is 39.0 Å². The number of hydrogen-bond acceptors (Lipinski definition) is 5. The van der Waals surface area contributed by atoms with Gasteiger partial charge in [-0.3, -0.25) is 9.59 Å². The molecule has 0 aliphatic heterocycles. The molecule has 0 radical (unpaired) electrons. The van der Waals surface area contributed by atoms with E-state index in [4.69, 9.17) is 16.3 Å². The number of amides is 1. The van der Waals surface area contributed by atoms with Crippen LogP contribution in [0.3, 0.4) is 0 Å². The Kier molecular flexibility index (Phi) is 6.22. The highest BCUT2D eigenvalue weighted by atomic mass is 35.5. The van der Waals surface area contributed by atoms with Gasteiger partial charge >= 0.3 is 5.97 Å². The van der Waals surface area contributed by atoms with E-state index in [0.29, 0.717) is 10.7 Å². The lowest BCUT2D eigenvalue weighted by Crippen LogP contribution is -2.31. The average Bonchev–Trinajstić information content (AvgIpc) is 3.09. The molecule has 8 nitrogen and oxygen atoms in total. The van der Waals surface area contributed by atoms with Crippen LogP contribution in [0.25, 0.3) is 5.69 Å². The lowest BCUT2D eigenvalue weighted by molar-refractivity contribution is -0.137. The molecule has 0 saturated carbocycles. The van der Waals surface area contributed by atoms with Crippen LogP contribution in [0.15, 0.2) is 48.5 Å². The summed E-state index contributed by atoms with van der Waals surface area (Å²) in [5.41, 5.74) is 0.166. The number of carbonyl (C=O) groups excluding carboxylic acids is 1. The zero-order valence-corrected chi connectivity index (χ0v) is 16.4. The molecule has 0 fully saturated rings. The normalized spacial score (nSPS) is 11.7. The van der Waals surface area contributed by atoms with Gasteiger partial charge in [0, 0.05) is 11.1 Å². The van der Waals surface area contributed by atoms with Crippen molar-refractivity contribution in [2.45, 2.75) is 12.5 Å². The van der Waals surface area contributed by atoms with Gasteiger partial charge in [0.1, 0.15) is 11.6 Å². The second kappa shape index (κ2) is 8.83. The molecule has 0 aliphatic carbocycles. The molecule has 1 aromatic heterocycles. The van der Waals surface area contributed by atoms with Crippen LogP contribution in [0.1, 0.15) is 28.5 Å². The first-order valence-corrected chi connectivity index (χ1v) is 9.08. The summed E-state index contributed by atoms with van der Waals surface area (Å²) in [4.78, 5) is 24.0. The summed E-state index contributed by atoms with van der Waals surface area (Å²) in [6.07, 6.45) is -0.590. The molecule has 1 amide bonds. The van der Waals surface area contributed by atoms with E-state index in [9.17, 15) is 24.2 Å². The number of nitrogens with zero attached hydrogens (tertiary/aromatic N) is 2. The van der Waals surface area contributed by atoms with Crippen LogP contribution in [0.2, 0.25) is 5.02 Å². The van der Waals surface area contributed by atoms with Gasteiger partial charge in [-0.15, -0.1) is 0 Å². The van der Waals surface area contributed by atoms with E-state index < -0.39 is 30.2 Å². The highest BCUT2D eigenvalue weighted by Gasteiger charge is 2.26. The zero-order chi connectivity index (χ0) is 21.8. The van der Waals surface area contributed by atoms with Gasteiger partial charge in [0.15, 0.2) is 5.69 Å². The number of carboxylic acid groups (broad SMARTS) is 1. The maximum atomic E-state index is 14.4.